The normalized spacial score (nSPS) is 20.2. The number of alkyl halides is 3. The van der Waals surface area contributed by atoms with E-state index in [1.165, 1.54) is 12.1 Å². The minimum atomic E-state index is -4.35. The molecule has 0 radical (unpaired) electrons. The Morgan fingerprint density at radius 2 is 1.67 bits per heavy atom. The zero-order valence-corrected chi connectivity index (χ0v) is 20.0. The molecule has 11 heteroatoms. The Morgan fingerprint density at radius 1 is 0.944 bits per heavy atom. The van der Waals surface area contributed by atoms with Crippen LogP contribution in [0, 0.1) is 0 Å². The SMILES string of the molecule is FC(F)(F)c1ccc(Cn2cnc3c(NC4CC4)nc(N4CCC(N5CCOCC5)CC4)nc32)cc1. The molecule has 36 heavy (non-hydrogen) atoms. The van der Waals surface area contributed by atoms with E-state index in [2.05, 4.69) is 20.1 Å². The molecule has 8 nitrogen and oxygen atoms in total. The molecule has 2 aliphatic heterocycles. The third-order valence-corrected chi connectivity index (χ3v) is 7.31. The lowest BCUT2D eigenvalue weighted by Gasteiger charge is -2.40. The lowest BCUT2D eigenvalue weighted by Crippen LogP contribution is -2.49. The van der Waals surface area contributed by atoms with Crippen LogP contribution < -0.4 is 10.2 Å². The van der Waals surface area contributed by atoms with Crippen molar-refractivity contribution in [2.24, 2.45) is 0 Å². The first-order valence-electron chi connectivity index (χ1n) is 12.7. The first-order chi connectivity index (χ1) is 17.4. The van der Waals surface area contributed by atoms with E-state index in [0.29, 0.717) is 35.7 Å². The average molecular weight is 502 g/mol. The number of piperidine rings is 1. The van der Waals surface area contributed by atoms with Crippen LogP contribution >= 0.6 is 0 Å². The van der Waals surface area contributed by atoms with Gasteiger partial charge in [0.1, 0.15) is 0 Å². The highest BCUT2D eigenvalue weighted by molar-refractivity contribution is 5.84. The van der Waals surface area contributed by atoms with E-state index >= 15 is 0 Å². The Hall–Kier alpha value is -2.92. The van der Waals surface area contributed by atoms with Crippen molar-refractivity contribution in [2.75, 3.05) is 49.6 Å². The number of benzene rings is 1. The highest BCUT2D eigenvalue weighted by atomic mass is 19.4. The monoisotopic (exact) mass is 501 g/mol. The van der Waals surface area contributed by atoms with Crippen LogP contribution in [0.25, 0.3) is 11.2 Å². The summed E-state index contributed by atoms with van der Waals surface area (Å²) in [6.45, 7) is 5.73. The quantitative estimate of drug-likeness (QED) is 0.551. The molecule has 3 aliphatic rings. The van der Waals surface area contributed by atoms with Gasteiger partial charge in [-0.2, -0.15) is 23.1 Å². The van der Waals surface area contributed by atoms with Crippen molar-refractivity contribution in [1.29, 1.82) is 0 Å². The molecule has 1 saturated carbocycles. The third kappa shape index (κ3) is 4.99. The molecule has 3 fully saturated rings. The summed E-state index contributed by atoms with van der Waals surface area (Å²) in [4.78, 5) is 19.1. The van der Waals surface area contributed by atoms with E-state index in [1.807, 2.05) is 4.57 Å². The largest absolute Gasteiger partial charge is 0.416 e. The van der Waals surface area contributed by atoms with Crippen LogP contribution in [0.1, 0.15) is 36.8 Å². The van der Waals surface area contributed by atoms with Crippen LogP contribution in [0.2, 0.25) is 0 Å². The number of morpholine rings is 1. The van der Waals surface area contributed by atoms with Crippen molar-refractivity contribution in [2.45, 2.75) is 50.5 Å². The van der Waals surface area contributed by atoms with Gasteiger partial charge in [0.05, 0.1) is 31.6 Å². The molecule has 0 atom stereocenters. The summed E-state index contributed by atoms with van der Waals surface area (Å²) in [7, 11) is 0. The fraction of sp³-hybridized carbons (Fsp3) is 0.560. The molecular formula is C25H30F3N7O. The van der Waals surface area contributed by atoms with E-state index in [4.69, 9.17) is 14.7 Å². The average Bonchev–Trinajstić information content (AvgIpc) is 3.62. The number of rotatable bonds is 6. The maximum atomic E-state index is 13.0. The van der Waals surface area contributed by atoms with E-state index in [-0.39, 0.29) is 0 Å². The minimum Gasteiger partial charge on any atom is -0.379 e. The highest BCUT2D eigenvalue weighted by Crippen LogP contribution is 2.31. The maximum Gasteiger partial charge on any atom is 0.416 e. The number of anilines is 2. The predicted molar refractivity (Wildman–Crippen MR) is 130 cm³/mol. The second-order valence-corrected chi connectivity index (χ2v) is 9.90. The molecule has 1 aliphatic carbocycles. The standard InChI is InChI=1S/C25H30F3N7O/c26-25(27,28)18-3-1-17(2-4-18)15-35-16-29-21-22(30-19-5-6-19)31-24(32-23(21)35)34-9-7-20(8-10-34)33-11-13-36-14-12-33/h1-4,16,19-20H,5-15H2,(H,30,31,32). The predicted octanol–water partition coefficient (Wildman–Crippen LogP) is 3.77. The number of hydrogen-bond donors (Lipinski definition) is 1. The minimum absolute atomic E-state index is 0.382. The van der Waals surface area contributed by atoms with Gasteiger partial charge in [-0.25, -0.2) is 4.98 Å². The maximum absolute atomic E-state index is 13.0. The number of hydrogen-bond acceptors (Lipinski definition) is 7. The molecular weight excluding hydrogens is 471 g/mol. The van der Waals surface area contributed by atoms with Gasteiger partial charge in [0, 0.05) is 38.3 Å². The number of ether oxygens (including phenoxy) is 1. The van der Waals surface area contributed by atoms with E-state index < -0.39 is 11.7 Å². The van der Waals surface area contributed by atoms with Crippen LogP contribution in [0.4, 0.5) is 24.9 Å². The summed E-state index contributed by atoms with van der Waals surface area (Å²) < 4.78 is 46.3. The van der Waals surface area contributed by atoms with E-state index in [9.17, 15) is 13.2 Å². The van der Waals surface area contributed by atoms with Gasteiger partial charge in [0.25, 0.3) is 0 Å². The number of nitrogens with one attached hydrogen (secondary N) is 1. The first-order valence-corrected chi connectivity index (χ1v) is 12.7. The Labute approximate surface area is 207 Å². The van der Waals surface area contributed by atoms with Gasteiger partial charge in [-0.1, -0.05) is 12.1 Å². The van der Waals surface area contributed by atoms with Crippen LogP contribution in [0.3, 0.4) is 0 Å². The molecule has 0 spiro atoms. The molecule has 1 aromatic carbocycles. The second-order valence-electron chi connectivity index (χ2n) is 9.90. The fourth-order valence-electron chi connectivity index (χ4n) is 5.08. The molecule has 0 amide bonds. The van der Waals surface area contributed by atoms with Gasteiger partial charge in [0.2, 0.25) is 5.95 Å². The van der Waals surface area contributed by atoms with Crippen molar-refractivity contribution >= 4 is 22.9 Å². The van der Waals surface area contributed by atoms with Crippen LogP contribution in [0.5, 0.6) is 0 Å². The summed E-state index contributed by atoms with van der Waals surface area (Å²) in [5, 5.41) is 3.50. The summed E-state index contributed by atoms with van der Waals surface area (Å²) in [5.74, 6) is 1.42. The van der Waals surface area contributed by atoms with E-state index in [1.54, 1.807) is 6.33 Å². The highest BCUT2D eigenvalue weighted by Gasteiger charge is 2.31. The lowest BCUT2D eigenvalue weighted by molar-refractivity contribution is -0.137. The number of fused-ring (bicyclic) bond motifs is 1. The van der Waals surface area contributed by atoms with Crippen LogP contribution in [-0.2, 0) is 17.5 Å². The molecule has 0 unspecified atom stereocenters. The summed E-state index contributed by atoms with van der Waals surface area (Å²) in [5.41, 5.74) is 1.49. The van der Waals surface area contributed by atoms with Gasteiger partial charge < -0.3 is 19.5 Å². The topological polar surface area (TPSA) is 71.3 Å². The zero-order chi connectivity index (χ0) is 24.7. The second kappa shape index (κ2) is 9.51. The Balaban J connectivity index is 1.24. The zero-order valence-electron chi connectivity index (χ0n) is 20.0. The molecule has 0 bridgehead atoms. The van der Waals surface area contributed by atoms with Crippen molar-refractivity contribution in [3.63, 3.8) is 0 Å². The van der Waals surface area contributed by atoms with Crippen molar-refractivity contribution < 1.29 is 17.9 Å². The number of nitrogens with zero attached hydrogens (tertiary/aromatic N) is 6. The van der Waals surface area contributed by atoms with Gasteiger partial charge in [-0.3, -0.25) is 4.90 Å². The Bertz CT molecular complexity index is 1190. The number of aromatic nitrogens is 4. The number of imidazole rings is 1. The third-order valence-electron chi connectivity index (χ3n) is 7.31. The first kappa shape index (κ1) is 23.5. The molecule has 6 rings (SSSR count). The molecule has 1 N–H and O–H groups in total. The van der Waals surface area contributed by atoms with Crippen LogP contribution in [0.15, 0.2) is 30.6 Å². The van der Waals surface area contributed by atoms with Gasteiger partial charge >= 0.3 is 6.18 Å². The fourth-order valence-corrected chi connectivity index (χ4v) is 5.08. The Kier molecular flexibility index (Phi) is 6.20. The summed E-state index contributed by atoms with van der Waals surface area (Å²) >= 11 is 0. The van der Waals surface area contributed by atoms with E-state index in [0.717, 1.165) is 88.6 Å². The van der Waals surface area contributed by atoms with Gasteiger partial charge in [-0.15, -0.1) is 0 Å². The van der Waals surface area contributed by atoms with Crippen LogP contribution in [-0.4, -0.2) is 75.9 Å². The molecule has 2 saturated heterocycles. The molecule has 192 valence electrons. The Morgan fingerprint density at radius 3 is 2.33 bits per heavy atom. The smallest absolute Gasteiger partial charge is 0.379 e. The summed E-state index contributed by atoms with van der Waals surface area (Å²) in [6, 6.07) is 6.22. The molecule has 2 aromatic heterocycles. The molecule has 4 heterocycles. The van der Waals surface area contributed by atoms with Gasteiger partial charge in [0.15, 0.2) is 17.0 Å². The number of halogens is 3. The summed E-state index contributed by atoms with van der Waals surface area (Å²) in [6.07, 6.45) is 1.68. The lowest BCUT2D eigenvalue weighted by atomic mass is 10.0. The van der Waals surface area contributed by atoms with Crippen molar-refractivity contribution in [3.8, 4) is 0 Å². The van der Waals surface area contributed by atoms with Gasteiger partial charge in [-0.05, 0) is 43.4 Å². The van der Waals surface area contributed by atoms with Crippen molar-refractivity contribution in [3.05, 3.63) is 41.7 Å². The van der Waals surface area contributed by atoms with Crippen molar-refractivity contribution in [1.82, 2.24) is 24.4 Å². The molecule has 3 aromatic rings.